The van der Waals surface area contributed by atoms with Crippen LogP contribution in [-0.4, -0.2) is 62.5 Å². The molecule has 0 spiro atoms. The van der Waals surface area contributed by atoms with Crippen molar-refractivity contribution in [2.24, 2.45) is 0 Å². The summed E-state index contributed by atoms with van der Waals surface area (Å²) in [6, 6.07) is 5.04. The van der Waals surface area contributed by atoms with Crippen molar-refractivity contribution < 1.29 is 27.5 Å². The minimum atomic E-state index is -3.95. The van der Waals surface area contributed by atoms with Crippen molar-refractivity contribution in [2.75, 3.05) is 18.5 Å². The topological polar surface area (TPSA) is 148 Å². The van der Waals surface area contributed by atoms with Crippen molar-refractivity contribution in [3.05, 3.63) is 29.4 Å². The van der Waals surface area contributed by atoms with Gasteiger partial charge in [-0.25, -0.2) is 27.7 Å². The summed E-state index contributed by atoms with van der Waals surface area (Å²) in [5.41, 5.74) is 0.125. The Kier molecular flexibility index (Phi) is 10.5. The van der Waals surface area contributed by atoms with Crippen molar-refractivity contribution >= 4 is 39.2 Å². The van der Waals surface area contributed by atoms with Gasteiger partial charge in [0.1, 0.15) is 6.61 Å². The zero-order chi connectivity index (χ0) is 30.5. The number of thiazole rings is 1. The highest BCUT2D eigenvalue weighted by Gasteiger charge is 2.29. The molecule has 1 saturated carbocycles. The predicted octanol–water partition coefficient (Wildman–Crippen LogP) is 5.35. The van der Waals surface area contributed by atoms with Crippen molar-refractivity contribution in [2.45, 2.75) is 108 Å². The molecule has 2 aliphatic rings. The van der Waals surface area contributed by atoms with Crippen LogP contribution in [0.3, 0.4) is 0 Å². The van der Waals surface area contributed by atoms with Gasteiger partial charge in [-0.1, -0.05) is 6.07 Å². The van der Waals surface area contributed by atoms with E-state index in [1.807, 2.05) is 13.8 Å². The Morgan fingerprint density at radius 1 is 1.12 bits per heavy atom. The van der Waals surface area contributed by atoms with E-state index in [1.54, 1.807) is 39.1 Å². The number of sulfonamides is 1. The third-order valence-corrected chi connectivity index (χ3v) is 10.1. The van der Waals surface area contributed by atoms with Crippen molar-refractivity contribution in [1.29, 1.82) is 0 Å². The molecule has 0 radical (unpaired) electrons. The maximum atomic E-state index is 13.6. The lowest BCUT2D eigenvalue weighted by Crippen LogP contribution is -2.40. The largest absolute Gasteiger partial charge is 0.448 e. The predicted molar refractivity (Wildman–Crippen MR) is 163 cm³/mol. The Morgan fingerprint density at radius 2 is 1.86 bits per heavy atom. The molecule has 1 saturated heterocycles. The summed E-state index contributed by atoms with van der Waals surface area (Å²) in [7, 11) is -3.95. The number of nitrogens with one attached hydrogen (secondary N) is 4. The van der Waals surface area contributed by atoms with E-state index in [4.69, 9.17) is 9.47 Å². The zero-order valence-electron chi connectivity index (χ0n) is 25.0. The number of alkyl carbamates (subject to hydrolysis) is 1. The van der Waals surface area contributed by atoms with Crippen molar-refractivity contribution in [3.8, 4) is 10.4 Å². The molecule has 2 fully saturated rings. The Morgan fingerprint density at radius 3 is 2.50 bits per heavy atom. The minimum Gasteiger partial charge on any atom is -0.448 e. The maximum Gasteiger partial charge on any atom is 0.411 e. The summed E-state index contributed by atoms with van der Waals surface area (Å²) in [6.07, 6.45) is 5.87. The smallest absolute Gasteiger partial charge is 0.411 e. The van der Waals surface area contributed by atoms with Crippen LogP contribution in [0.4, 0.5) is 15.3 Å². The van der Waals surface area contributed by atoms with Gasteiger partial charge in [0.25, 0.3) is 0 Å². The summed E-state index contributed by atoms with van der Waals surface area (Å²) in [5.74, 6) is 0.223. The summed E-state index contributed by atoms with van der Waals surface area (Å²) >= 11 is 1.47. The molecule has 1 aliphatic carbocycles. The molecule has 4 N–H and O–H groups in total. The second-order valence-corrected chi connectivity index (χ2v) is 15.0. The van der Waals surface area contributed by atoms with Crippen LogP contribution in [0.15, 0.2) is 29.3 Å². The molecule has 0 bridgehead atoms. The molecule has 13 heteroatoms. The zero-order valence-corrected chi connectivity index (χ0v) is 26.6. The standard InChI is InChI=1S/C29H43N5O6S2/c1-18(2)40-28(36)32-20-10-8-19(9-11-20)26-31-16-24(41-26)23-13-12-21(15-25(23)42(37,38)34-29(3,4)5)33-27(35)39-17-22-7-6-14-30-22/h12-13,15-16,18-20,22,30,34H,6-11,14,17H2,1-5H3,(H,32,36)(H,33,35)/t19-,20-,22-/m1/s1. The van der Waals surface area contributed by atoms with Gasteiger partial charge in [-0.3, -0.25) is 5.32 Å². The molecule has 42 heavy (non-hydrogen) atoms. The number of hydrogen-bond acceptors (Lipinski definition) is 9. The number of ether oxygens (including phenoxy) is 2. The number of aromatic nitrogens is 1. The van der Waals surface area contributed by atoms with Gasteiger partial charge in [0, 0.05) is 41.0 Å². The average molecular weight is 622 g/mol. The Balaban J connectivity index is 1.49. The first kappa shape index (κ1) is 32.2. The van der Waals surface area contributed by atoms with Gasteiger partial charge < -0.3 is 20.1 Å². The molecule has 232 valence electrons. The normalized spacial score (nSPS) is 21.2. The van der Waals surface area contributed by atoms with Gasteiger partial charge >= 0.3 is 12.2 Å². The molecule has 4 rings (SSSR count). The first-order valence-corrected chi connectivity index (χ1v) is 16.9. The third kappa shape index (κ3) is 9.13. The number of amides is 2. The lowest BCUT2D eigenvalue weighted by Gasteiger charge is -2.28. The van der Waals surface area contributed by atoms with Gasteiger partial charge in [0.2, 0.25) is 10.0 Å². The average Bonchev–Trinajstić information content (AvgIpc) is 3.59. The lowest BCUT2D eigenvalue weighted by atomic mass is 9.86. The molecular weight excluding hydrogens is 578 g/mol. The first-order chi connectivity index (χ1) is 19.8. The van der Waals surface area contributed by atoms with E-state index in [0.29, 0.717) is 11.3 Å². The Bertz CT molecular complexity index is 1340. The highest BCUT2D eigenvalue weighted by Crippen LogP contribution is 2.40. The number of carbonyl (C=O) groups is 2. The summed E-state index contributed by atoms with van der Waals surface area (Å²) in [5, 5.41) is 9.83. The van der Waals surface area contributed by atoms with Crippen LogP contribution in [0.25, 0.3) is 10.4 Å². The molecule has 1 atom stereocenters. The van der Waals surface area contributed by atoms with Crippen LogP contribution in [0, 0.1) is 0 Å². The fourth-order valence-corrected chi connectivity index (χ4v) is 8.07. The maximum absolute atomic E-state index is 13.6. The third-order valence-electron chi connectivity index (χ3n) is 7.07. The van der Waals surface area contributed by atoms with Crippen LogP contribution in [0.1, 0.15) is 84.1 Å². The van der Waals surface area contributed by atoms with Crippen molar-refractivity contribution in [1.82, 2.24) is 20.3 Å². The fourth-order valence-electron chi connectivity index (χ4n) is 5.21. The van der Waals surface area contributed by atoms with Crippen LogP contribution < -0.4 is 20.7 Å². The van der Waals surface area contributed by atoms with Gasteiger partial charge in [-0.15, -0.1) is 11.3 Å². The number of carbonyl (C=O) groups excluding carboxylic acids is 2. The Hall–Kier alpha value is -2.74. The fraction of sp³-hybridized carbons (Fsp3) is 0.621. The van der Waals surface area contributed by atoms with E-state index in [0.717, 1.165) is 55.0 Å². The molecular formula is C29H43N5O6S2. The van der Waals surface area contributed by atoms with E-state index >= 15 is 0 Å². The minimum absolute atomic E-state index is 0.0551. The first-order valence-electron chi connectivity index (χ1n) is 14.6. The van der Waals surface area contributed by atoms with Gasteiger partial charge in [-0.05, 0) is 91.8 Å². The Labute approximate surface area is 252 Å². The molecule has 2 amide bonds. The number of anilines is 1. The number of hydrogen-bond donors (Lipinski definition) is 4. The second kappa shape index (κ2) is 13.7. The SMILES string of the molecule is CC(C)OC(=O)N[C@H]1CC[C@H](c2ncc(-c3ccc(NC(=O)OC[C@H]4CCCN4)cc3S(=O)(=O)NC(C)(C)C)s2)CC1. The van der Waals surface area contributed by atoms with Gasteiger partial charge in [0.15, 0.2) is 0 Å². The molecule has 1 aromatic carbocycles. The molecule has 1 aliphatic heterocycles. The van der Waals surface area contributed by atoms with E-state index in [9.17, 15) is 18.0 Å². The van der Waals surface area contributed by atoms with Crippen LogP contribution in [0.2, 0.25) is 0 Å². The lowest BCUT2D eigenvalue weighted by molar-refractivity contribution is 0.109. The van der Waals surface area contributed by atoms with E-state index in [2.05, 4.69) is 25.7 Å². The van der Waals surface area contributed by atoms with Crippen molar-refractivity contribution in [3.63, 3.8) is 0 Å². The van der Waals surface area contributed by atoms with Crippen LogP contribution in [0.5, 0.6) is 0 Å². The van der Waals surface area contributed by atoms with Crippen LogP contribution >= 0.6 is 11.3 Å². The summed E-state index contributed by atoms with van der Waals surface area (Å²) in [6.45, 7) is 10.1. The summed E-state index contributed by atoms with van der Waals surface area (Å²) < 4.78 is 40.4. The quantitative estimate of drug-likeness (QED) is 0.293. The molecule has 2 heterocycles. The monoisotopic (exact) mass is 621 g/mol. The molecule has 1 aromatic heterocycles. The van der Waals surface area contributed by atoms with E-state index < -0.39 is 21.7 Å². The molecule has 0 unspecified atom stereocenters. The van der Waals surface area contributed by atoms with E-state index in [-0.39, 0.29) is 41.7 Å². The van der Waals surface area contributed by atoms with Crippen LogP contribution in [-0.2, 0) is 19.5 Å². The molecule has 11 nitrogen and oxygen atoms in total. The highest BCUT2D eigenvalue weighted by atomic mass is 32.2. The van der Waals surface area contributed by atoms with Gasteiger partial charge in [0.05, 0.1) is 20.9 Å². The molecule has 2 aromatic rings. The van der Waals surface area contributed by atoms with E-state index in [1.165, 1.54) is 17.4 Å². The van der Waals surface area contributed by atoms with Gasteiger partial charge in [-0.2, -0.15) is 0 Å². The second-order valence-electron chi connectivity index (χ2n) is 12.3. The highest BCUT2D eigenvalue weighted by molar-refractivity contribution is 7.89. The summed E-state index contributed by atoms with van der Waals surface area (Å²) in [4.78, 5) is 29.9. The number of nitrogens with zero attached hydrogens (tertiary/aromatic N) is 1. The number of benzene rings is 1. The number of rotatable bonds is 9.